The van der Waals surface area contributed by atoms with Gasteiger partial charge in [-0.25, -0.2) is 9.18 Å². The molecule has 2 aliphatic rings. The molecule has 76 valence electrons. The summed E-state index contributed by atoms with van der Waals surface area (Å²) in [6, 6.07) is 0. The van der Waals surface area contributed by atoms with Crippen molar-refractivity contribution >= 4 is 6.09 Å². The van der Waals surface area contributed by atoms with Crippen LogP contribution in [0.25, 0.3) is 0 Å². The highest BCUT2D eigenvalue weighted by Crippen LogP contribution is 2.25. The summed E-state index contributed by atoms with van der Waals surface area (Å²) in [4.78, 5) is 12.7. The molecule has 14 heavy (non-hydrogen) atoms. The van der Waals surface area contributed by atoms with Crippen LogP contribution in [-0.4, -0.2) is 30.2 Å². The summed E-state index contributed by atoms with van der Waals surface area (Å²) in [6.07, 6.45) is 2.54. The Kier molecular flexibility index (Phi) is 2.25. The molecule has 0 aromatic carbocycles. The molecule has 2 rings (SSSR count). The first-order valence-electron chi connectivity index (χ1n) is 4.45. The van der Waals surface area contributed by atoms with E-state index in [0.29, 0.717) is 18.8 Å². The summed E-state index contributed by atoms with van der Waals surface area (Å²) in [7, 11) is 0. The Balaban J connectivity index is 2.09. The van der Waals surface area contributed by atoms with Gasteiger partial charge in [0.25, 0.3) is 0 Å². The fourth-order valence-electron chi connectivity index (χ4n) is 1.52. The molecule has 1 aliphatic carbocycles. The fourth-order valence-corrected chi connectivity index (χ4v) is 1.52. The van der Waals surface area contributed by atoms with E-state index in [4.69, 9.17) is 10.5 Å². The Hall–Kier alpha value is -1.36. The third-order valence-corrected chi connectivity index (χ3v) is 2.26. The number of hydrogen-bond acceptors (Lipinski definition) is 3. The van der Waals surface area contributed by atoms with Crippen LogP contribution in [0.4, 0.5) is 9.18 Å². The van der Waals surface area contributed by atoms with E-state index in [1.54, 1.807) is 6.08 Å². The van der Waals surface area contributed by atoms with E-state index >= 15 is 0 Å². The lowest BCUT2D eigenvalue weighted by Crippen LogP contribution is -2.26. The summed E-state index contributed by atoms with van der Waals surface area (Å²) >= 11 is 0. The highest BCUT2D eigenvalue weighted by atomic mass is 19.1. The van der Waals surface area contributed by atoms with Gasteiger partial charge in [-0.05, 0) is 6.08 Å². The number of hydrogen-bond donors (Lipinski definition) is 1. The quantitative estimate of drug-likeness (QED) is 0.717. The van der Waals surface area contributed by atoms with Crippen LogP contribution in [0.3, 0.4) is 0 Å². The van der Waals surface area contributed by atoms with Gasteiger partial charge in [-0.1, -0.05) is 6.08 Å². The average Bonchev–Trinajstić information content (AvgIpc) is 2.71. The first kappa shape index (κ1) is 9.21. The molecule has 0 spiro atoms. The summed E-state index contributed by atoms with van der Waals surface area (Å²) in [5.41, 5.74) is 5.94. The standard InChI is InChI=1S/C9H11FN2O2/c10-6-1-2-7(3-6)12-5-8(4-11)14-9(12)13/h2-3,8H,1,4-5,11H2/t8-/m0/s1. The van der Waals surface area contributed by atoms with Crippen molar-refractivity contribution in [1.29, 1.82) is 0 Å². The van der Waals surface area contributed by atoms with Crippen molar-refractivity contribution in [3.63, 3.8) is 0 Å². The van der Waals surface area contributed by atoms with Crippen LogP contribution in [0.2, 0.25) is 0 Å². The van der Waals surface area contributed by atoms with Gasteiger partial charge in [0, 0.05) is 18.7 Å². The van der Waals surface area contributed by atoms with Gasteiger partial charge >= 0.3 is 6.09 Å². The maximum Gasteiger partial charge on any atom is 0.414 e. The van der Waals surface area contributed by atoms with E-state index in [-0.39, 0.29) is 18.4 Å². The first-order chi connectivity index (χ1) is 6.70. The number of carbonyl (C=O) groups excluding carboxylic acids is 1. The van der Waals surface area contributed by atoms with Crippen LogP contribution in [0.1, 0.15) is 6.42 Å². The van der Waals surface area contributed by atoms with Crippen LogP contribution in [0.5, 0.6) is 0 Å². The lowest BCUT2D eigenvalue weighted by atomic mass is 10.3. The molecule has 0 radical (unpaired) electrons. The molecule has 1 aliphatic heterocycles. The van der Waals surface area contributed by atoms with E-state index in [1.807, 2.05) is 0 Å². The second-order valence-electron chi connectivity index (χ2n) is 3.28. The number of halogens is 1. The highest BCUT2D eigenvalue weighted by Gasteiger charge is 2.32. The Morgan fingerprint density at radius 2 is 2.50 bits per heavy atom. The number of amides is 1. The Labute approximate surface area is 80.8 Å². The van der Waals surface area contributed by atoms with Crippen LogP contribution in [0, 0.1) is 0 Å². The number of nitrogens with two attached hydrogens (primary N) is 1. The van der Waals surface area contributed by atoms with Gasteiger partial charge < -0.3 is 10.5 Å². The third-order valence-electron chi connectivity index (χ3n) is 2.26. The number of carbonyl (C=O) groups is 1. The van der Waals surface area contributed by atoms with Crippen molar-refractivity contribution in [3.8, 4) is 0 Å². The zero-order valence-corrected chi connectivity index (χ0v) is 7.57. The van der Waals surface area contributed by atoms with Crippen LogP contribution >= 0.6 is 0 Å². The SMILES string of the molecule is NC[C@H]1CN(C2=CCC(F)=C2)C(=O)O1. The molecule has 1 saturated heterocycles. The summed E-state index contributed by atoms with van der Waals surface area (Å²) < 4.78 is 17.7. The van der Waals surface area contributed by atoms with E-state index in [2.05, 4.69) is 0 Å². The minimum absolute atomic E-state index is 0.232. The smallest absolute Gasteiger partial charge is 0.414 e. The van der Waals surface area contributed by atoms with Crippen LogP contribution in [0.15, 0.2) is 23.7 Å². The Morgan fingerprint density at radius 3 is 3.00 bits per heavy atom. The predicted octanol–water partition coefficient (Wildman–Crippen LogP) is 0.907. The van der Waals surface area contributed by atoms with Crippen molar-refractivity contribution < 1.29 is 13.9 Å². The van der Waals surface area contributed by atoms with Gasteiger partial charge in [0.15, 0.2) is 0 Å². The topological polar surface area (TPSA) is 55.6 Å². The van der Waals surface area contributed by atoms with Crippen molar-refractivity contribution in [3.05, 3.63) is 23.7 Å². The molecule has 0 unspecified atom stereocenters. The monoisotopic (exact) mass is 198 g/mol. The third kappa shape index (κ3) is 1.50. The van der Waals surface area contributed by atoms with Gasteiger partial charge in [-0.15, -0.1) is 0 Å². The van der Waals surface area contributed by atoms with Gasteiger partial charge in [-0.2, -0.15) is 0 Å². The maximum atomic E-state index is 12.7. The maximum absolute atomic E-state index is 12.7. The summed E-state index contributed by atoms with van der Waals surface area (Å²) in [5.74, 6) is -0.232. The van der Waals surface area contributed by atoms with E-state index in [9.17, 15) is 9.18 Å². The van der Waals surface area contributed by atoms with Crippen molar-refractivity contribution in [2.24, 2.45) is 5.73 Å². The number of ether oxygens (including phenoxy) is 1. The Bertz CT molecular complexity index is 325. The largest absolute Gasteiger partial charge is 0.443 e. The van der Waals surface area contributed by atoms with Crippen molar-refractivity contribution in [2.45, 2.75) is 12.5 Å². The summed E-state index contributed by atoms with van der Waals surface area (Å²) in [5, 5.41) is 0. The van der Waals surface area contributed by atoms with Gasteiger partial charge in [0.05, 0.1) is 6.54 Å². The molecule has 0 aromatic rings. The van der Waals surface area contributed by atoms with Crippen LogP contribution in [-0.2, 0) is 4.74 Å². The fraction of sp³-hybridized carbons (Fsp3) is 0.444. The predicted molar refractivity (Wildman–Crippen MR) is 47.9 cm³/mol. The number of allylic oxidation sites excluding steroid dienone is 3. The summed E-state index contributed by atoms with van der Waals surface area (Å²) in [6.45, 7) is 0.701. The zero-order chi connectivity index (χ0) is 10.1. The zero-order valence-electron chi connectivity index (χ0n) is 7.57. The molecule has 1 atom stereocenters. The van der Waals surface area contributed by atoms with Gasteiger partial charge in [0.2, 0.25) is 0 Å². The van der Waals surface area contributed by atoms with E-state index in [0.717, 1.165) is 0 Å². The van der Waals surface area contributed by atoms with Crippen molar-refractivity contribution in [1.82, 2.24) is 4.90 Å². The molecule has 1 fully saturated rings. The molecule has 1 amide bonds. The molecule has 4 nitrogen and oxygen atoms in total. The van der Waals surface area contributed by atoms with Crippen LogP contribution < -0.4 is 5.73 Å². The molecule has 1 heterocycles. The molecule has 0 bridgehead atoms. The van der Waals surface area contributed by atoms with Gasteiger partial charge in [0.1, 0.15) is 11.9 Å². The normalized spacial score (nSPS) is 26.3. The van der Waals surface area contributed by atoms with E-state index < -0.39 is 6.09 Å². The highest BCUT2D eigenvalue weighted by molar-refractivity contribution is 5.73. The molecule has 5 heteroatoms. The molecule has 2 N–H and O–H groups in total. The molecule has 0 saturated carbocycles. The number of nitrogens with zero attached hydrogens (tertiary/aromatic N) is 1. The van der Waals surface area contributed by atoms with Crippen molar-refractivity contribution in [2.75, 3.05) is 13.1 Å². The molecule has 0 aromatic heterocycles. The minimum atomic E-state index is -0.447. The van der Waals surface area contributed by atoms with Gasteiger partial charge in [-0.3, -0.25) is 4.90 Å². The lowest BCUT2D eigenvalue weighted by molar-refractivity contribution is 0.138. The van der Waals surface area contributed by atoms with E-state index in [1.165, 1.54) is 11.0 Å². The first-order valence-corrected chi connectivity index (χ1v) is 4.45. The molecular formula is C9H11FN2O2. The average molecular weight is 198 g/mol. The Morgan fingerprint density at radius 1 is 1.71 bits per heavy atom. The molecular weight excluding hydrogens is 187 g/mol. The second kappa shape index (κ2) is 3.42. The lowest BCUT2D eigenvalue weighted by Gasteiger charge is -2.11. The second-order valence-corrected chi connectivity index (χ2v) is 3.28. The minimum Gasteiger partial charge on any atom is -0.443 e. The number of rotatable bonds is 2. The number of cyclic esters (lactones) is 1.